The molecule has 0 aromatic rings. The number of unbranched alkanes of at least 4 members (excludes halogenated alkanes) is 1. The summed E-state index contributed by atoms with van der Waals surface area (Å²) in [6.45, 7) is 3.12. The number of rotatable bonds is 9. The molecule has 0 aromatic carbocycles. The Morgan fingerprint density at radius 2 is 1.90 bits per heavy atom. The van der Waals surface area contributed by atoms with E-state index >= 15 is 0 Å². The van der Waals surface area contributed by atoms with E-state index in [4.69, 9.17) is 9.47 Å². The summed E-state index contributed by atoms with van der Waals surface area (Å²) >= 11 is 0. The van der Waals surface area contributed by atoms with Crippen molar-refractivity contribution in [3.05, 3.63) is 0 Å². The molecular weight excluding hydrogens is 369 g/mol. The Labute approximate surface area is 140 Å². The second-order valence-electron chi connectivity index (χ2n) is 4.94. The van der Waals surface area contributed by atoms with E-state index in [9.17, 15) is 0 Å². The van der Waals surface area contributed by atoms with E-state index < -0.39 is 0 Å². The minimum Gasteiger partial charge on any atom is -0.382 e. The fourth-order valence-electron chi connectivity index (χ4n) is 2.24. The van der Waals surface area contributed by atoms with Crippen molar-refractivity contribution < 1.29 is 9.47 Å². The van der Waals surface area contributed by atoms with Gasteiger partial charge in [0.15, 0.2) is 5.96 Å². The van der Waals surface area contributed by atoms with Gasteiger partial charge in [0.05, 0.1) is 13.2 Å². The number of hydrogen-bond donors (Lipinski definition) is 2. The molecular formula is C14H30IN3O2. The van der Waals surface area contributed by atoms with Crippen molar-refractivity contribution in [3.63, 3.8) is 0 Å². The molecule has 1 aliphatic rings. The van der Waals surface area contributed by atoms with Crippen LogP contribution in [0, 0.1) is 0 Å². The number of nitrogens with one attached hydrogen (secondary N) is 2. The standard InChI is InChI=1S/C14H29N3O2.HI/c1-15-14(17-13-7-3-4-8-13)16-9-5-6-10-19-12-11-18-2;/h13H,3-12H2,1-2H3,(H2,15,16,17);1H. The number of nitrogens with zero attached hydrogens (tertiary/aromatic N) is 1. The maximum Gasteiger partial charge on any atom is 0.191 e. The predicted molar refractivity (Wildman–Crippen MR) is 94.1 cm³/mol. The first-order chi connectivity index (χ1) is 9.36. The normalized spacial score (nSPS) is 16.0. The molecule has 5 nitrogen and oxygen atoms in total. The number of halogens is 1. The first-order valence-electron chi connectivity index (χ1n) is 7.40. The lowest BCUT2D eigenvalue weighted by Gasteiger charge is -2.16. The summed E-state index contributed by atoms with van der Waals surface area (Å²) in [5.74, 6) is 0.937. The van der Waals surface area contributed by atoms with Crippen LogP contribution in [0.15, 0.2) is 4.99 Å². The molecule has 0 amide bonds. The molecule has 0 unspecified atom stereocenters. The lowest BCUT2D eigenvalue weighted by Crippen LogP contribution is -2.42. The Morgan fingerprint density at radius 3 is 2.55 bits per heavy atom. The molecule has 0 bridgehead atoms. The molecule has 120 valence electrons. The molecule has 0 atom stereocenters. The van der Waals surface area contributed by atoms with E-state index in [0.717, 1.165) is 32.0 Å². The maximum atomic E-state index is 5.42. The maximum absolute atomic E-state index is 5.42. The molecule has 0 heterocycles. The number of hydrogen-bond acceptors (Lipinski definition) is 3. The summed E-state index contributed by atoms with van der Waals surface area (Å²) in [6.07, 6.45) is 7.39. The van der Waals surface area contributed by atoms with Crippen molar-refractivity contribution in [2.24, 2.45) is 4.99 Å². The third-order valence-electron chi connectivity index (χ3n) is 3.36. The highest BCUT2D eigenvalue weighted by Gasteiger charge is 2.15. The van der Waals surface area contributed by atoms with E-state index in [1.165, 1.54) is 25.7 Å². The zero-order chi connectivity index (χ0) is 13.8. The summed E-state index contributed by atoms with van der Waals surface area (Å²) < 4.78 is 10.3. The van der Waals surface area contributed by atoms with Crippen LogP contribution >= 0.6 is 24.0 Å². The van der Waals surface area contributed by atoms with Crippen LogP contribution in [0.25, 0.3) is 0 Å². The smallest absolute Gasteiger partial charge is 0.191 e. The molecule has 0 aromatic heterocycles. The highest BCUT2D eigenvalue weighted by molar-refractivity contribution is 14.0. The Balaban J connectivity index is 0.00000361. The van der Waals surface area contributed by atoms with E-state index in [-0.39, 0.29) is 24.0 Å². The summed E-state index contributed by atoms with van der Waals surface area (Å²) in [7, 11) is 3.52. The molecule has 1 rings (SSSR count). The summed E-state index contributed by atoms with van der Waals surface area (Å²) in [5, 5.41) is 6.83. The highest BCUT2D eigenvalue weighted by atomic mass is 127. The van der Waals surface area contributed by atoms with Crippen molar-refractivity contribution >= 4 is 29.9 Å². The van der Waals surface area contributed by atoms with Crippen molar-refractivity contribution in [3.8, 4) is 0 Å². The van der Waals surface area contributed by atoms with Crippen LogP contribution < -0.4 is 10.6 Å². The van der Waals surface area contributed by atoms with E-state index in [0.29, 0.717) is 19.3 Å². The van der Waals surface area contributed by atoms with Crippen molar-refractivity contribution in [2.75, 3.05) is 40.5 Å². The van der Waals surface area contributed by atoms with Gasteiger partial charge in [0.1, 0.15) is 0 Å². The minimum absolute atomic E-state index is 0. The van der Waals surface area contributed by atoms with Gasteiger partial charge in [-0.15, -0.1) is 24.0 Å². The molecule has 0 radical (unpaired) electrons. The Kier molecular flexibility index (Phi) is 13.8. The monoisotopic (exact) mass is 399 g/mol. The van der Waals surface area contributed by atoms with Gasteiger partial charge < -0.3 is 20.1 Å². The molecule has 1 aliphatic carbocycles. The van der Waals surface area contributed by atoms with Crippen LogP contribution in [0.2, 0.25) is 0 Å². The van der Waals surface area contributed by atoms with Gasteiger partial charge in [0, 0.05) is 33.4 Å². The van der Waals surface area contributed by atoms with Gasteiger partial charge in [0.25, 0.3) is 0 Å². The van der Waals surface area contributed by atoms with Crippen molar-refractivity contribution in [1.82, 2.24) is 10.6 Å². The number of ether oxygens (including phenoxy) is 2. The summed E-state index contributed by atoms with van der Waals surface area (Å²) in [6, 6.07) is 0.614. The number of aliphatic imine (C=N–C) groups is 1. The van der Waals surface area contributed by atoms with Gasteiger partial charge in [0.2, 0.25) is 0 Å². The topological polar surface area (TPSA) is 54.9 Å². The highest BCUT2D eigenvalue weighted by Crippen LogP contribution is 2.17. The average molecular weight is 399 g/mol. The van der Waals surface area contributed by atoms with Crippen LogP contribution in [-0.4, -0.2) is 52.5 Å². The Hall–Kier alpha value is -0.0800. The van der Waals surface area contributed by atoms with Gasteiger partial charge in [-0.2, -0.15) is 0 Å². The second kappa shape index (κ2) is 13.9. The van der Waals surface area contributed by atoms with Crippen LogP contribution in [0.3, 0.4) is 0 Å². The van der Waals surface area contributed by atoms with E-state index in [1.807, 2.05) is 7.05 Å². The van der Waals surface area contributed by atoms with Crippen LogP contribution in [-0.2, 0) is 9.47 Å². The molecule has 1 saturated carbocycles. The van der Waals surface area contributed by atoms with Gasteiger partial charge in [-0.05, 0) is 25.7 Å². The average Bonchev–Trinajstić information content (AvgIpc) is 2.93. The Morgan fingerprint density at radius 1 is 1.15 bits per heavy atom. The molecule has 0 saturated heterocycles. The van der Waals surface area contributed by atoms with Crippen molar-refractivity contribution in [2.45, 2.75) is 44.6 Å². The molecule has 20 heavy (non-hydrogen) atoms. The Bertz CT molecular complexity index is 247. The zero-order valence-electron chi connectivity index (χ0n) is 12.8. The minimum atomic E-state index is 0. The van der Waals surface area contributed by atoms with E-state index in [1.54, 1.807) is 7.11 Å². The molecule has 6 heteroatoms. The van der Waals surface area contributed by atoms with Crippen LogP contribution in [0.4, 0.5) is 0 Å². The molecule has 0 spiro atoms. The lowest BCUT2D eigenvalue weighted by molar-refractivity contribution is 0.0689. The first-order valence-corrected chi connectivity index (χ1v) is 7.40. The predicted octanol–water partition coefficient (Wildman–Crippen LogP) is 2.16. The summed E-state index contributed by atoms with van der Waals surface area (Å²) in [4.78, 5) is 4.26. The quantitative estimate of drug-likeness (QED) is 0.270. The zero-order valence-corrected chi connectivity index (χ0v) is 15.2. The largest absolute Gasteiger partial charge is 0.382 e. The van der Waals surface area contributed by atoms with Gasteiger partial charge >= 0.3 is 0 Å². The first kappa shape index (κ1) is 19.9. The molecule has 0 aliphatic heterocycles. The molecule has 2 N–H and O–H groups in total. The van der Waals surface area contributed by atoms with Gasteiger partial charge in [-0.1, -0.05) is 12.8 Å². The van der Waals surface area contributed by atoms with Gasteiger partial charge in [-0.3, -0.25) is 4.99 Å². The second-order valence-corrected chi connectivity index (χ2v) is 4.94. The third-order valence-corrected chi connectivity index (χ3v) is 3.36. The SMILES string of the molecule is CN=C(NCCCCOCCOC)NC1CCCC1.I. The third kappa shape index (κ3) is 9.77. The number of methoxy groups -OCH3 is 1. The summed E-state index contributed by atoms with van der Waals surface area (Å²) in [5.41, 5.74) is 0. The van der Waals surface area contributed by atoms with Crippen molar-refractivity contribution in [1.29, 1.82) is 0 Å². The number of guanidine groups is 1. The molecule has 1 fully saturated rings. The van der Waals surface area contributed by atoms with E-state index in [2.05, 4.69) is 15.6 Å². The van der Waals surface area contributed by atoms with Gasteiger partial charge in [-0.25, -0.2) is 0 Å². The lowest BCUT2D eigenvalue weighted by atomic mass is 10.2. The van der Waals surface area contributed by atoms with Crippen LogP contribution in [0.5, 0.6) is 0 Å². The fraction of sp³-hybridized carbons (Fsp3) is 0.929. The van der Waals surface area contributed by atoms with Crippen LogP contribution in [0.1, 0.15) is 38.5 Å². The fourth-order valence-corrected chi connectivity index (χ4v) is 2.24.